The predicted molar refractivity (Wildman–Crippen MR) is 57.0 cm³/mol. The Morgan fingerprint density at radius 1 is 1.23 bits per heavy atom. The molecule has 0 heterocycles. The van der Waals surface area contributed by atoms with Crippen molar-refractivity contribution >= 4 is 46.4 Å². The lowest BCUT2D eigenvalue weighted by molar-refractivity contribution is 1.41. The van der Waals surface area contributed by atoms with Crippen LogP contribution in [0.25, 0.3) is 0 Å². The van der Waals surface area contributed by atoms with Gasteiger partial charge in [-0.05, 0) is 12.1 Å². The fraction of sp³-hybridized carbons (Fsp3) is 0. The van der Waals surface area contributed by atoms with Crippen molar-refractivity contribution in [3.8, 4) is 0 Å². The molecule has 1 aromatic rings. The number of benzene rings is 1. The molecule has 1 rings (SSSR count). The molecule has 0 atom stereocenters. The van der Waals surface area contributed by atoms with Crippen LogP contribution in [0.4, 0.5) is 5.69 Å². The van der Waals surface area contributed by atoms with Crippen molar-refractivity contribution in [2.24, 2.45) is 5.73 Å². The zero-order chi connectivity index (χ0) is 10.0. The topological polar surface area (TPSA) is 61.9 Å². The lowest BCUT2D eigenvalue weighted by Crippen LogP contribution is -2.20. The molecule has 0 radical (unpaired) electrons. The Morgan fingerprint density at radius 3 is 2.08 bits per heavy atom. The van der Waals surface area contributed by atoms with Crippen LogP contribution in [0.3, 0.4) is 0 Å². The molecule has 0 spiro atoms. The molecule has 0 aromatic heterocycles. The Bertz CT molecular complexity index is 328. The van der Waals surface area contributed by atoms with E-state index in [9.17, 15) is 0 Å². The van der Waals surface area contributed by atoms with Crippen LogP contribution in [0.1, 0.15) is 0 Å². The third-order valence-electron chi connectivity index (χ3n) is 1.27. The summed E-state index contributed by atoms with van der Waals surface area (Å²) in [5, 5.41) is 10.6. The molecule has 0 bridgehead atoms. The maximum Gasteiger partial charge on any atom is 0.190 e. The second kappa shape index (κ2) is 4.05. The summed E-state index contributed by atoms with van der Waals surface area (Å²) in [4.78, 5) is 0. The number of halogens is 3. The van der Waals surface area contributed by atoms with Gasteiger partial charge in [-0.3, -0.25) is 5.41 Å². The SMILES string of the molecule is N=C(N)Nc1c(Cl)cc(Cl)cc1Cl. The number of hydrogen-bond donors (Lipinski definition) is 3. The van der Waals surface area contributed by atoms with Crippen LogP contribution in [0.2, 0.25) is 15.1 Å². The molecule has 4 N–H and O–H groups in total. The van der Waals surface area contributed by atoms with E-state index in [1.807, 2.05) is 0 Å². The molecule has 13 heavy (non-hydrogen) atoms. The number of nitrogens with one attached hydrogen (secondary N) is 2. The normalized spacial score (nSPS) is 9.77. The van der Waals surface area contributed by atoms with E-state index in [0.29, 0.717) is 20.8 Å². The van der Waals surface area contributed by atoms with Gasteiger partial charge in [-0.2, -0.15) is 0 Å². The first-order valence-electron chi connectivity index (χ1n) is 3.26. The molecule has 70 valence electrons. The van der Waals surface area contributed by atoms with Crippen LogP contribution in [-0.4, -0.2) is 5.96 Å². The molecule has 6 heteroatoms. The summed E-state index contributed by atoms with van der Waals surface area (Å²) in [5.41, 5.74) is 5.51. The molecular formula is C7H6Cl3N3. The predicted octanol–water partition coefficient (Wildman–Crippen LogP) is 2.95. The highest BCUT2D eigenvalue weighted by atomic mass is 35.5. The Morgan fingerprint density at radius 2 is 1.69 bits per heavy atom. The second-order valence-electron chi connectivity index (χ2n) is 2.28. The van der Waals surface area contributed by atoms with Crippen molar-refractivity contribution in [2.75, 3.05) is 5.32 Å². The molecule has 0 saturated heterocycles. The second-order valence-corrected chi connectivity index (χ2v) is 3.53. The van der Waals surface area contributed by atoms with Gasteiger partial charge in [0.25, 0.3) is 0 Å². The van der Waals surface area contributed by atoms with Gasteiger partial charge in [0.05, 0.1) is 15.7 Å². The van der Waals surface area contributed by atoms with Gasteiger partial charge in [0.2, 0.25) is 0 Å². The average molecular weight is 239 g/mol. The summed E-state index contributed by atoms with van der Waals surface area (Å²) in [6.07, 6.45) is 0. The molecule has 0 aliphatic rings. The minimum absolute atomic E-state index is 0.230. The molecule has 1 aromatic carbocycles. The molecule has 0 amide bonds. The highest BCUT2D eigenvalue weighted by molar-refractivity contribution is 6.42. The summed E-state index contributed by atoms with van der Waals surface area (Å²) in [6.45, 7) is 0. The minimum Gasteiger partial charge on any atom is -0.370 e. The van der Waals surface area contributed by atoms with E-state index >= 15 is 0 Å². The lowest BCUT2D eigenvalue weighted by atomic mass is 10.3. The zero-order valence-corrected chi connectivity index (χ0v) is 8.63. The third-order valence-corrected chi connectivity index (χ3v) is 2.08. The number of nitrogens with two attached hydrogens (primary N) is 1. The Balaban J connectivity index is 3.13. The smallest absolute Gasteiger partial charge is 0.190 e. The van der Waals surface area contributed by atoms with E-state index < -0.39 is 0 Å². The number of hydrogen-bond acceptors (Lipinski definition) is 1. The molecular weight excluding hydrogens is 232 g/mol. The number of rotatable bonds is 1. The van der Waals surface area contributed by atoms with Crippen molar-refractivity contribution in [1.29, 1.82) is 5.41 Å². The van der Waals surface area contributed by atoms with Gasteiger partial charge in [-0.15, -0.1) is 0 Å². The summed E-state index contributed by atoms with van der Waals surface area (Å²) in [6, 6.07) is 3.03. The van der Waals surface area contributed by atoms with Crippen LogP contribution in [0.15, 0.2) is 12.1 Å². The molecule has 0 aliphatic carbocycles. The van der Waals surface area contributed by atoms with Gasteiger partial charge in [-0.1, -0.05) is 34.8 Å². The maximum atomic E-state index is 7.00. The fourth-order valence-corrected chi connectivity index (χ4v) is 1.71. The van der Waals surface area contributed by atoms with Crippen LogP contribution < -0.4 is 11.1 Å². The van der Waals surface area contributed by atoms with Crippen LogP contribution >= 0.6 is 34.8 Å². The molecule has 0 saturated carbocycles. The summed E-state index contributed by atoms with van der Waals surface area (Å²) >= 11 is 17.3. The first-order valence-corrected chi connectivity index (χ1v) is 4.39. The van der Waals surface area contributed by atoms with Gasteiger partial charge in [0.15, 0.2) is 5.96 Å². The highest BCUT2D eigenvalue weighted by Gasteiger charge is 2.07. The molecule has 0 fully saturated rings. The number of guanidine groups is 1. The third kappa shape index (κ3) is 2.66. The van der Waals surface area contributed by atoms with Gasteiger partial charge in [0.1, 0.15) is 0 Å². The van der Waals surface area contributed by atoms with Crippen LogP contribution in [0.5, 0.6) is 0 Å². The van der Waals surface area contributed by atoms with Gasteiger partial charge < -0.3 is 11.1 Å². The summed E-state index contributed by atoms with van der Waals surface area (Å²) < 4.78 is 0. The largest absolute Gasteiger partial charge is 0.370 e. The summed E-state index contributed by atoms with van der Waals surface area (Å²) in [5.74, 6) is -0.230. The van der Waals surface area contributed by atoms with Crippen molar-refractivity contribution in [2.45, 2.75) is 0 Å². The monoisotopic (exact) mass is 237 g/mol. The lowest BCUT2D eigenvalue weighted by Gasteiger charge is -2.08. The van der Waals surface area contributed by atoms with E-state index in [2.05, 4.69) is 5.32 Å². The first-order chi connectivity index (χ1) is 6.00. The highest BCUT2D eigenvalue weighted by Crippen LogP contribution is 2.33. The van der Waals surface area contributed by atoms with E-state index in [-0.39, 0.29) is 5.96 Å². The van der Waals surface area contributed by atoms with Crippen molar-refractivity contribution in [3.63, 3.8) is 0 Å². The van der Waals surface area contributed by atoms with Crippen molar-refractivity contribution in [3.05, 3.63) is 27.2 Å². The van der Waals surface area contributed by atoms with Crippen LogP contribution in [0, 0.1) is 5.41 Å². The zero-order valence-electron chi connectivity index (χ0n) is 6.37. The molecule has 3 nitrogen and oxygen atoms in total. The van der Waals surface area contributed by atoms with Crippen LogP contribution in [-0.2, 0) is 0 Å². The first kappa shape index (κ1) is 10.4. The maximum absolute atomic E-state index is 7.00. The van der Waals surface area contributed by atoms with E-state index in [0.717, 1.165) is 0 Å². The van der Waals surface area contributed by atoms with E-state index in [1.54, 1.807) is 0 Å². The van der Waals surface area contributed by atoms with Gasteiger partial charge in [0, 0.05) is 5.02 Å². The quantitative estimate of drug-likeness (QED) is 0.520. The fourth-order valence-electron chi connectivity index (χ4n) is 0.796. The van der Waals surface area contributed by atoms with Gasteiger partial charge in [-0.25, -0.2) is 0 Å². The van der Waals surface area contributed by atoms with E-state index in [1.165, 1.54) is 12.1 Å². The Labute approximate surface area is 90.3 Å². The minimum atomic E-state index is -0.230. The standard InChI is InChI=1S/C7H6Cl3N3/c8-3-1-4(9)6(5(10)2-3)13-7(11)12/h1-2H,(H4,11,12,13). The van der Waals surface area contributed by atoms with Crippen molar-refractivity contribution < 1.29 is 0 Å². The average Bonchev–Trinajstić information content (AvgIpc) is 1.96. The Kier molecular flexibility index (Phi) is 3.25. The molecule has 0 aliphatic heterocycles. The van der Waals surface area contributed by atoms with Crippen molar-refractivity contribution in [1.82, 2.24) is 0 Å². The molecule has 0 unspecified atom stereocenters. The van der Waals surface area contributed by atoms with Gasteiger partial charge >= 0.3 is 0 Å². The number of anilines is 1. The van der Waals surface area contributed by atoms with E-state index in [4.69, 9.17) is 45.9 Å². The summed E-state index contributed by atoms with van der Waals surface area (Å²) in [7, 11) is 0. The Hall–Kier alpha value is -0.640.